The number of carboxylic acids is 1. The van der Waals surface area contributed by atoms with Crippen molar-refractivity contribution in [1.82, 2.24) is 5.32 Å². The maximum Gasteiger partial charge on any atom is 0.253 e. The molecule has 0 aromatic heterocycles. The summed E-state index contributed by atoms with van der Waals surface area (Å²) in [6, 6.07) is 4.72. The second kappa shape index (κ2) is 5.65. The Morgan fingerprint density at radius 2 is 2.00 bits per heavy atom. The van der Waals surface area contributed by atoms with Gasteiger partial charge in [0.05, 0.1) is 28.7 Å². The van der Waals surface area contributed by atoms with E-state index in [1.807, 2.05) is 0 Å². The van der Waals surface area contributed by atoms with Gasteiger partial charge in [-0.3, -0.25) is 4.79 Å². The molecule has 0 spiro atoms. The van der Waals surface area contributed by atoms with E-state index >= 15 is 0 Å². The third-order valence-electron chi connectivity index (χ3n) is 2.14. The van der Waals surface area contributed by atoms with E-state index in [0.29, 0.717) is 0 Å². The van der Waals surface area contributed by atoms with Crippen molar-refractivity contribution in [3.05, 3.63) is 34.9 Å². The predicted octanol–water partition coefficient (Wildman–Crippen LogP) is -0.431. The number of carbonyl (C=O) groups excluding carboxylic acids is 2. The van der Waals surface area contributed by atoms with Crippen LogP contribution >= 0.6 is 11.6 Å². The number of aliphatic hydroxyl groups is 1. The Kier molecular flexibility index (Phi) is 4.48. The van der Waals surface area contributed by atoms with Crippen molar-refractivity contribution < 1.29 is 19.8 Å². The lowest BCUT2D eigenvalue weighted by molar-refractivity contribution is -0.310. The molecule has 2 atom stereocenters. The van der Waals surface area contributed by atoms with Gasteiger partial charge in [-0.1, -0.05) is 23.7 Å². The van der Waals surface area contributed by atoms with Crippen molar-refractivity contribution in [2.24, 2.45) is 0 Å². The molecular weight excluding hydrogens is 246 g/mol. The van der Waals surface area contributed by atoms with Crippen LogP contribution in [0.25, 0.3) is 0 Å². The quantitative estimate of drug-likeness (QED) is 0.765. The summed E-state index contributed by atoms with van der Waals surface area (Å²) in [5, 5.41) is 22.2. The average molecular weight is 257 g/mol. The number of benzene rings is 1. The molecule has 0 unspecified atom stereocenters. The minimum Gasteiger partial charge on any atom is -0.548 e. The number of hydrogen-bond acceptors (Lipinski definition) is 4. The second-order valence-electron chi connectivity index (χ2n) is 3.49. The number of amides is 1. The summed E-state index contributed by atoms with van der Waals surface area (Å²) < 4.78 is 0. The first-order valence-corrected chi connectivity index (χ1v) is 5.25. The van der Waals surface area contributed by atoms with Crippen molar-refractivity contribution in [3.63, 3.8) is 0 Å². The normalized spacial score (nSPS) is 13.8. The molecule has 0 fully saturated rings. The van der Waals surface area contributed by atoms with E-state index in [2.05, 4.69) is 5.32 Å². The Balaban J connectivity index is 2.85. The van der Waals surface area contributed by atoms with E-state index in [9.17, 15) is 19.8 Å². The van der Waals surface area contributed by atoms with Gasteiger partial charge in [-0.2, -0.15) is 0 Å². The van der Waals surface area contributed by atoms with Crippen LogP contribution in [0.1, 0.15) is 17.3 Å². The Labute approximate surface area is 103 Å². The zero-order valence-electron chi connectivity index (χ0n) is 9.01. The van der Waals surface area contributed by atoms with Crippen molar-refractivity contribution >= 4 is 23.5 Å². The minimum absolute atomic E-state index is 0.140. The number of nitrogens with one attached hydrogen (secondary N) is 1. The molecule has 0 aliphatic rings. The minimum atomic E-state index is -1.56. The van der Waals surface area contributed by atoms with Gasteiger partial charge in [-0.15, -0.1) is 0 Å². The van der Waals surface area contributed by atoms with E-state index in [-0.39, 0.29) is 10.6 Å². The van der Waals surface area contributed by atoms with Crippen LogP contribution in [0.15, 0.2) is 24.3 Å². The fraction of sp³-hybridized carbons (Fsp3) is 0.273. The summed E-state index contributed by atoms with van der Waals surface area (Å²) in [6.45, 7) is 1.24. The number of aliphatic carboxylic acids is 1. The molecular formula is C11H11ClNO4-. The van der Waals surface area contributed by atoms with Crippen molar-refractivity contribution in [2.75, 3.05) is 0 Å². The fourth-order valence-corrected chi connectivity index (χ4v) is 1.46. The monoisotopic (exact) mass is 256 g/mol. The molecule has 1 aromatic rings. The van der Waals surface area contributed by atoms with Crippen molar-refractivity contribution in [2.45, 2.75) is 19.1 Å². The molecule has 0 bridgehead atoms. The smallest absolute Gasteiger partial charge is 0.253 e. The first-order valence-electron chi connectivity index (χ1n) is 4.87. The summed E-state index contributed by atoms with van der Waals surface area (Å²) in [7, 11) is 0. The fourth-order valence-electron chi connectivity index (χ4n) is 1.24. The van der Waals surface area contributed by atoms with Crippen LogP contribution in [0, 0.1) is 0 Å². The molecule has 0 aliphatic heterocycles. The highest BCUT2D eigenvalue weighted by atomic mass is 35.5. The average Bonchev–Trinajstić information content (AvgIpc) is 2.25. The topological polar surface area (TPSA) is 89.5 Å². The standard InChI is InChI=1S/C11H12ClNO4/c1-6(14)9(11(16)17)13-10(15)7-4-2-3-5-8(7)12/h2-6,9,14H,1H3,(H,13,15)(H,16,17)/p-1/t6-,9+/m0/s1. The van der Waals surface area contributed by atoms with Gasteiger partial charge in [0.25, 0.3) is 5.91 Å². The summed E-state index contributed by atoms with van der Waals surface area (Å²) in [5.41, 5.74) is 0.140. The van der Waals surface area contributed by atoms with Crippen LogP contribution in [0.4, 0.5) is 0 Å². The summed E-state index contributed by atoms with van der Waals surface area (Å²) in [4.78, 5) is 22.4. The molecule has 1 aromatic carbocycles. The summed E-state index contributed by atoms with van der Waals surface area (Å²) >= 11 is 5.78. The van der Waals surface area contributed by atoms with Crippen LogP contribution in [0.5, 0.6) is 0 Å². The third-order valence-corrected chi connectivity index (χ3v) is 2.47. The van der Waals surface area contributed by atoms with Crippen LogP contribution in [-0.2, 0) is 4.79 Å². The Bertz CT molecular complexity index is 433. The zero-order chi connectivity index (χ0) is 13.0. The molecule has 2 N–H and O–H groups in total. The highest BCUT2D eigenvalue weighted by Crippen LogP contribution is 2.14. The molecule has 92 valence electrons. The number of hydrogen-bond donors (Lipinski definition) is 2. The molecule has 1 amide bonds. The van der Waals surface area contributed by atoms with E-state index in [4.69, 9.17) is 11.6 Å². The lowest BCUT2D eigenvalue weighted by Gasteiger charge is -2.22. The molecule has 0 saturated carbocycles. The van der Waals surface area contributed by atoms with Crippen LogP contribution in [0.2, 0.25) is 5.02 Å². The first kappa shape index (κ1) is 13.5. The van der Waals surface area contributed by atoms with Crippen molar-refractivity contribution in [3.8, 4) is 0 Å². The Hall–Kier alpha value is -1.59. The molecule has 0 heterocycles. The van der Waals surface area contributed by atoms with Gasteiger partial charge in [0.1, 0.15) is 0 Å². The number of rotatable bonds is 4. The molecule has 1 rings (SSSR count). The molecule has 0 radical (unpaired) electrons. The van der Waals surface area contributed by atoms with Gasteiger partial charge >= 0.3 is 0 Å². The maximum absolute atomic E-state index is 11.7. The van der Waals surface area contributed by atoms with Gasteiger partial charge < -0.3 is 20.3 Å². The number of halogens is 1. The van der Waals surface area contributed by atoms with Gasteiger partial charge in [0, 0.05) is 0 Å². The summed E-state index contributed by atoms with van der Waals surface area (Å²) in [6.07, 6.45) is -1.26. The Morgan fingerprint density at radius 1 is 1.41 bits per heavy atom. The molecule has 5 nitrogen and oxygen atoms in total. The lowest BCUT2D eigenvalue weighted by atomic mass is 10.1. The summed E-state index contributed by atoms with van der Waals surface area (Å²) in [5.74, 6) is -2.23. The highest BCUT2D eigenvalue weighted by molar-refractivity contribution is 6.33. The van der Waals surface area contributed by atoms with Crippen LogP contribution < -0.4 is 10.4 Å². The third kappa shape index (κ3) is 3.44. The number of carboxylic acid groups (broad SMARTS) is 1. The van der Waals surface area contributed by atoms with E-state index in [1.165, 1.54) is 19.1 Å². The maximum atomic E-state index is 11.7. The molecule has 17 heavy (non-hydrogen) atoms. The van der Waals surface area contributed by atoms with Gasteiger partial charge in [0.15, 0.2) is 0 Å². The van der Waals surface area contributed by atoms with E-state index < -0.39 is 24.0 Å². The number of carbonyl (C=O) groups is 2. The number of aliphatic hydroxyl groups excluding tert-OH is 1. The zero-order valence-corrected chi connectivity index (χ0v) is 9.77. The first-order chi connectivity index (χ1) is 7.93. The Morgan fingerprint density at radius 3 is 2.47 bits per heavy atom. The van der Waals surface area contributed by atoms with Gasteiger partial charge in [-0.25, -0.2) is 0 Å². The van der Waals surface area contributed by atoms with Crippen LogP contribution in [-0.4, -0.2) is 29.1 Å². The lowest BCUT2D eigenvalue weighted by Crippen LogP contribution is -2.53. The molecule has 0 saturated heterocycles. The largest absolute Gasteiger partial charge is 0.548 e. The van der Waals surface area contributed by atoms with Crippen LogP contribution in [0.3, 0.4) is 0 Å². The highest BCUT2D eigenvalue weighted by Gasteiger charge is 2.20. The van der Waals surface area contributed by atoms with Crippen molar-refractivity contribution in [1.29, 1.82) is 0 Å². The molecule has 0 aliphatic carbocycles. The van der Waals surface area contributed by atoms with Gasteiger partial charge in [0.2, 0.25) is 0 Å². The SMILES string of the molecule is C[C@H](O)[C@@H](NC(=O)c1ccccc1Cl)C(=O)[O-]. The second-order valence-corrected chi connectivity index (χ2v) is 3.90. The predicted molar refractivity (Wildman–Crippen MR) is 59.4 cm³/mol. The van der Waals surface area contributed by atoms with E-state index in [1.54, 1.807) is 12.1 Å². The molecule has 6 heteroatoms. The van der Waals surface area contributed by atoms with Gasteiger partial charge in [-0.05, 0) is 19.1 Å². The van der Waals surface area contributed by atoms with E-state index in [0.717, 1.165) is 0 Å².